The molecule has 0 spiro atoms. The Labute approximate surface area is 158 Å². The van der Waals surface area contributed by atoms with Gasteiger partial charge in [-0.2, -0.15) is 0 Å². The summed E-state index contributed by atoms with van der Waals surface area (Å²) in [5.74, 6) is 0. The maximum atomic E-state index is 12.2. The molecule has 2 aromatic carbocycles. The first-order valence-electron chi connectivity index (χ1n) is 9.26. The topological polar surface area (TPSA) is 68.8 Å². The van der Waals surface area contributed by atoms with Crippen LogP contribution < -0.4 is 10.6 Å². The van der Waals surface area contributed by atoms with Crippen LogP contribution in [0.1, 0.15) is 11.1 Å². The summed E-state index contributed by atoms with van der Waals surface area (Å²) < 4.78 is 17.7. The second-order valence-corrected chi connectivity index (χ2v) is 6.85. The predicted molar refractivity (Wildman–Crippen MR) is 100 cm³/mol. The highest BCUT2D eigenvalue weighted by Crippen LogP contribution is 2.29. The van der Waals surface area contributed by atoms with Gasteiger partial charge in [-0.05, 0) is 11.1 Å². The summed E-state index contributed by atoms with van der Waals surface area (Å²) in [6.07, 6.45) is -0.434. The molecule has 27 heavy (non-hydrogen) atoms. The van der Waals surface area contributed by atoms with Crippen molar-refractivity contribution in [1.29, 1.82) is 0 Å². The molecule has 4 rings (SSSR count). The summed E-state index contributed by atoms with van der Waals surface area (Å²) >= 11 is 0. The Hall–Kier alpha value is -2.41. The van der Waals surface area contributed by atoms with Gasteiger partial charge in [-0.15, -0.1) is 0 Å². The van der Waals surface area contributed by atoms with Crippen molar-refractivity contribution in [2.75, 3.05) is 13.2 Å². The van der Waals surface area contributed by atoms with Crippen molar-refractivity contribution in [3.63, 3.8) is 0 Å². The zero-order chi connectivity index (χ0) is 18.5. The van der Waals surface area contributed by atoms with Crippen molar-refractivity contribution in [2.45, 2.75) is 37.5 Å². The van der Waals surface area contributed by atoms with Crippen LogP contribution in [0, 0.1) is 0 Å². The zero-order valence-corrected chi connectivity index (χ0v) is 15.0. The number of urea groups is 1. The average Bonchev–Trinajstić information content (AvgIpc) is 3.29. The van der Waals surface area contributed by atoms with Crippen LogP contribution in [0.2, 0.25) is 0 Å². The minimum atomic E-state index is -0.217. The van der Waals surface area contributed by atoms with Gasteiger partial charge in [0.1, 0.15) is 18.3 Å². The van der Waals surface area contributed by atoms with Crippen LogP contribution in [-0.4, -0.2) is 43.6 Å². The van der Waals surface area contributed by atoms with E-state index in [2.05, 4.69) is 10.6 Å². The molecular formula is C21H24N2O4. The van der Waals surface area contributed by atoms with Crippen LogP contribution >= 0.6 is 0 Å². The summed E-state index contributed by atoms with van der Waals surface area (Å²) in [7, 11) is 0. The molecule has 2 aliphatic rings. The number of rotatable bonds is 6. The lowest BCUT2D eigenvalue weighted by molar-refractivity contribution is -0.0392. The minimum absolute atomic E-state index is 0.116. The number of nitrogens with one attached hydrogen (secondary N) is 2. The normalized spacial score (nSPS) is 26.5. The van der Waals surface area contributed by atoms with Gasteiger partial charge < -0.3 is 24.8 Å². The number of carbonyl (C=O) groups is 1. The number of fused-ring (bicyclic) bond motifs is 1. The molecule has 2 aromatic rings. The molecule has 2 saturated heterocycles. The van der Waals surface area contributed by atoms with E-state index in [1.54, 1.807) is 0 Å². The fraction of sp³-hybridized carbons (Fsp3) is 0.381. The molecule has 4 atom stereocenters. The molecule has 0 saturated carbocycles. The predicted octanol–water partition coefficient (Wildman–Crippen LogP) is 2.24. The van der Waals surface area contributed by atoms with Gasteiger partial charge in [0.05, 0.1) is 25.9 Å². The van der Waals surface area contributed by atoms with Crippen LogP contribution in [-0.2, 0) is 27.4 Å². The van der Waals surface area contributed by atoms with E-state index >= 15 is 0 Å². The van der Waals surface area contributed by atoms with E-state index in [9.17, 15) is 4.79 Å². The highest BCUT2D eigenvalue weighted by atomic mass is 16.6. The molecule has 6 heteroatoms. The van der Waals surface area contributed by atoms with Crippen molar-refractivity contribution in [1.82, 2.24) is 10.6 Å². The van der Waals surface area contributed by atoms with E-state index in [-0.39, 0.29) is 30.4 Å². The molecule has 2 N–H and O–H groups in total. The Bertz CT molecular complexity index is 740. The highest BCUT2D eigenvalue weighted by molar-refractivity contribution is 5.74. The summed E-state index contributed by atoms with van der Waals surface area (Å²) in [4.78, 5) is 12.2. The molecule has 142 valence electrons. The van der Waals surface area contributed by atoms with E-state index in [0.29, 0.717) is 26.4 Å². The van der Waals surface area contributed by atoms with Gasteiger partial charge in [0, 0.05) is 6.54 Å². The third-order valence-corrected chi connectivity index (χ3v) is 4.93. The second kappa shape index (κ2) is 8.52. The van der Waals surface area contributed by atoms with Gasteiger partial charge in [0.15, 0.2) is 0 Å². The second-order valence-electron chi connectivity index (χ2n) is 6.85. The van der Waals surface area contributed by atoms with Crippen LogP contribution in [0.4, 0.5) is 4.79 Å². The number of ether oxygens (including phenoxy) is 3. The zero-order valence-electron chi connectivity index (χ0n) is 15.0. The fourth-order valence-corrected chi connectivity index (χ4v) is 3.51. The van der Waals surface area contributed by atoms with E-state index < -0.39 is 0 Å². The molecule has 2 amide bonds. The molecule has 0 aliphatic carbocycles. The Morgan fingerprint density at radius 3 is 2.33 bits per heavy atom. The third-order valence-electron chi connectivity index (χ3n) is 4.93. The summed E-state index contributed by atoms with van der Waals surface area (Å²) in [5.41, 5.74) is 2.17. The lowest BCUT2D eigenvalue weighted by Gasteiger charge is -2.18. The molecule has 2 fully saturated rings. The van der Waals surface area contributed by atoms with Crippen LogP contribution in [0.5, 0.6) is 0 Å². The van der Waals surface area contributed by atoms with Crippen molar-refractivity contribution in [3.05, 3.63) is 71.8 Å². The molecule has 0 radical (unpaired) electrons. The van der Waals surface area contributed by atoms with Crippen LogP contribution in [0.25, 0.3) is 0 Å². The average molecular weight is 368 g/mol. The number of amides is 2. The Kier molecular flexibility index (Phi) is 5.67. The molecular weight excluding hydrogens is 344 g/mol. The Balaban J connectivity index is 1.24. The van der Waals surface area contributed by atoms with Gasteiger partial charge in [-0.1, -0.05) is 60.7 Å². The fourth-order valence-electron chi connectivity index (χ4n) is 3.51. The van der Waals surface area contributed by atoms with Gasteiger partial charge in [-0.3, -0.25) is 0 Å². The monoisotopic (exact) mass is 368 g/mol. The number of hydrogen-bond acceptors (Lipinski definition) is 4. The number of hydrogen-bond donors (Lipinski definition) is 2. The van der Waals surface area contributed by atoms with E-state index in [1.807, 2.05) is 60.7 Å². The van der Waals surface area contributed by atoms with Crippen LogP contribution in [0.15, 0.2) is 60.7 Å². The molecule has 6 nitrogen and oxygen atoms in total. The van der Waals surface area contributed by atoms with Crippen molar-refractivity contribution < 1.29 is 19.0 Å². The summed E-state index contributed by atoms with van der Waals surface area (Å²) in [6.45, 7) is 1.92. The maximum Gasteiger partial charge on any atom is 0.315 e. The van der Waals surface area contributed by atoms with Gasteiger partial charge in [-0.25, -0.2) is 4.79 Å². The van der Waals surface area contributed by atoms with Crippen molar-refractivity contribution in [2.24, 2.45) is 0 Å². The molecule has 0 aromatic heterocycles. The number of carbonyl (C=O) groups excluding carboxylic acids is 1. The van der Waals surface area contributed by atoms with E-state index in [4.69, 9.17) is 14.2 Å². The lowest BCUT2D eigenvalue weighted by atomic mass is 10.1. The standard InChI is InChI=1S/C21H24N2O4/c24-21(22-11-15-7-3-1-4-8-15)23-17-13-26-20-18(14-27-19(17)20)25-12-16-9-5-2-6-10-16/h1-10,17-20H,11-14H2,(H2,22,23,24). The lowest BCUT2D eigenvalue weighted by Crippen LogP contribution is -2.48. The van der Waals surface area contributed by atoms with Crippen molar-refractivity contribution >= 4 is 6.03 Å². The third kappa shape index (κ3) is 4.47. The van der Waals surface area contributed by atoms with Gasteiger partial charge >= 0.3 is 6.03 Å². The molecule has 2 aliphatic heterocycles. The first-order valence-corrected chi connectivity index (χ1v) is 9.26. The minimum Gasteiger partial charge on any atom is -0.370 e. The van der Waals surface area contributed by atoms with E-state index in [1.165, 1.54) is 0 Å². The summed E-state index contributed by atoms with van der Waals surface area (Å²) in [6, 6.07) is 19.5. The Morgan fingerprint density at radius 2 is 1.59 bits per heavy atom. The first-order chi connectivity index (χ1) is 13.3. The van der Waals surface area contributed by atoms with Crippen LogP contribution in [0.3, 0.4) is 0 Å². The summed E-state index contributed by atoms with van der Waals surface area (Å²) in [5, 5.41) is 5.83. The smallest absolute Gasteiger partial charge is 0.315 e. The largest absolute Gasteiger partial charge is 0.370 e. The first kappa shape index (κ1) is 18.0. The van der Waals surface area contributed by atoms with Gasteiger partial charge in [0.2, 0.25) is 0 Å². The number of benzene rings is 2. The maximum absolute atomic E-state index is 12.2. The molecule has 4 unspecified atom stereocenters. The highest BCUT2D eigenvalue weighted by Gasteiger charge is 2.48. The quantitative estimate of drug-likeness (QED) is 0.821. The SMILES string of the molecule is O=C(NCc1ccccc1)NC1COC2C(OCc3ccccc3)COC12. The van der Waals surface area contributed by atoms with Crippen molar-refractivity contribution in [3.8, 4) is 0 Å². The Morgan fingerprint density at radius 1 is 0.926 bits per heavy atom. The van der Waals surface area contributed by atoms with Gasteiger partial charge in [0.25, 0.3) is 0 Å². The molecule has 0 bridgehead atoms. The van der Waals surface area contributed by atoms with E-state index in [0.717, 1.165) is 11.1 Å². The molecule has 2 heterocycles.